The average Bonchev–Trinajstić information content (AvgIpc) is 2.93. The van der Waals surface area contributed by atoms with E-state index in [-0.39, 0.29) is 0 Å². The van der Waals surface area contributed by atoms with E-state index in [2.05, 4.69) is 43.4 Å². The van der Waals surface area contributed by atoms with Gasteiger partial charge in [-0.3, -0.25) is 0 Å². The fraction of sp³-hybridized carbons (Fsp3) is 0.667. The first-order valence-electron chi connectivity index (χ1n) is 8.19. The van der Waals surface area contributed by atoms with Gasteiger partial charge < -0.3 is 14.8 Å². The van der Waals surface area contributed by atoms with Crippen molar-refractivity contribution in [1.29, 1.82) is 0 Å². The van der Waals surface area contributed by atoms with Crippen LogP contribution in [-0.2, 0) is 15.9 Å². The summed E-state index contributed by atoms with van der Waals surface area (Å²) in [4.78, 5) is 0. The first-order chi connectivity index (χ1) is 10.3. The van der Waals surface area contributed by atoms with Crippen LogP contribution in [0.4, 0.5) is 0 Å². The first kappa shape index (κ1) is 16.5. The van der Waals surface area contributed by atoms with Crippen molar-refractivity contribution < 1.29 is 9.47 Å². The van der Waals surface area contributed by atoms with Crippen LogP contribution in [0.15, 0.2) is 24.3 Å². The van der Waals surface area contributed by atoms with Crippen LogP contribution in [0.3, 0.4) is 0 Å². The monoisotopic (exact) mass is 291 g/mol. The van der Waals surface area contributed by atoms with E-state index < -0.39 is 0 Å². The first-order valence-corrected chi connectivity index (χ1v) is 8.19. The lowest BCUT2D eigenvalue weighted by molar-refractivity contribution is 0.0607. The molecule has 1 aliphatic heterocycles. The van der Waals surface area contributed by atoms with Crippen molar-refractivity contribution in [3.8, 4) is 0 Å². The summed E-state index contributed by atoms with van der Waals surface area (Å²) in [6, 6.07) is 9.22. The van der Waals surface area contributed by atoms with Gasteiger partial charge in [-0.15, -0.1) is 0 Å². The van der Waals surface area contributed by atoms with E-state index in [1.54, 1.807) is 7.11 Å². The number of nitrogens with one attached hydrogen (secondary N) is 1. The van der Waals surface area contributed by atoms with Crippen LogP contribution < -0.4 is 5.32 Å². The van der Waals surface area contributed by atoms with Crippen LogP contribution >= 0.6 is 0 Å². The molecule has 0 saturated carbocycles. The zero-order chi connectivity index (χ0) is 15.1. The Morgan fingerprint density at radius 1 is 1.33 bits per heavy atom. The van der Waals surface area contributed by atoms with E-state index in [9.17, 15) is 0 Å². The van der Waals surface area contributed by atoms with E-state index >= 15 is 0 Å². The van der Waals surface area contributed by atoms with Crippen LogP contribution in [0, 0.1) is 5.92 Å². The maximum absolute atomic E-state index is 5.99. The quantitative estimate of drug-likeness (QED) is 0.797. The minimum absolute atomic E-state index is 0.293. The van der Waals surface area contributed by atoms with Crippen molar-refractivity contribution in [1.82, 2.24) is 5.32 Å². The van der Waals surface area contributed by atoms with E-state index in [1.165, 1.54) is 17.5 Å². The predicted octanol–water partition coefficient (Wildman–Crippen LogP) is 3.34. The molecule has 1 N–H and O–H groups in total. The highest BCUT2D eigenvalue weighted by Gasteiger charge is 2.32. The summed E-state index contributed by atoms with van der Waals surface area (Å²) in [6.07, 6.45) is 3.58. The number of rotatable bonds is 8. The van der Waals surface area contributed by atoms with Crippen LogP contribution in [-0.4, -0.2) is 33.0 Å². The molecule has 1 saturated heterocycles. The third-order valence-corrected chi connectivity index (χ3v) is 4.32. The Bertz CT molecular complexity index is 404. The summed E-state index contributed by atoms with van der Waals surface area (Å²) >= 11 is 0. The van der Waals surface area contributed by atoms with Crippen molar-refractivity contribution in [2.45, 2.75) is 45.3 Å². The minimum Gasteiger partial charge on any atom is -0.384 e. The third-order valence-electron chi connectivity index (χ3n) is 4.32. The van der Waals surface area contributed by atoms with Crippen LogP contribution in [0.5, 0.6) is 0 Å². The molecule has 1 aliphatic rings. The van der Waals surface area contributed by atoms with Gasteiger partial charge in [-0.1, -0.05) is 38.1 Å². The molecule has 1 aromatic rings. The summed E-state index contributed by atoms with van der Waals surface area (Å²) in [5.41, 5.74) is 2.67. The Hall–Kier alpha value is -0.900. The average molecular weight is 291 g/mol. The smallest absolute Gasteiger partial charge is 0.0795 e. The fourth-order valence-electron chi connectivity index (χ4n) is 2.98. The fourth-order valence-corrected chi connectivity index (χ4v) is 2.98. The second kappa shape index (κ2) is 8.52. The van der Waals surface area contributed by atoms with Crippen molar-refractivity contribution >= 4 is 0 Å². The molecule has 118 valence electrons. The molecule has 3 nitrogen and oxygen atoms in total. The molecule has 0 radical (unpaired) electrons. The van der Waals surface area contributed by atoms with Crippen LogP contribution in [0.1, 0.15) is 43.9 Å². The number of hydrogen-bond acceptors (Lipinski definition) is 3. The minimum atomic E-state index is 0.293. The zero-order valence-electron chi connectivity index (χ0n) is 13.6. The number of hydrogen-bond donors (Lipinski definition) is 1. The van der Waals surface area contributed by atoms with E-state index in [4.69, 9.17) is 9.47 Å². The standard InChI is InChI=1S/C18H29NO2/c1-4-11-19-17(18-14(2)9-13-21-18)16-7-5-15(6-8-16)10-12-20-3/h5-8,14,17-19H,4,9-13H2,1-3H3. The number of ether oxygens (including phenoxy) is 2. The van der Waals surface area contributed by atoms with Gasteiger partial charge in [0.05, 0.1) is 18.8 Å². The summed E-state index contributed by atoms with van der Waals surface area (Å²) in [6.45, 7) is 7.20. The molecule has 1 fully saturated rings. The maximum atomic E-state index is 5.99. The molecule has 2 rings (SSSR count). The van der Waals surface area contributed by atoms with Gasteiger partial charge in [-0.25, -0.2) is 0 Å². The van der Waals surface area contributed by atoms with Crippen LogP contribution in [0.2, 0.25) is 0 Å². The molecule has 0 aliphatic carbocycles. The van der Waals surface area contributed by atoms with Gasteiger partial charge in [0.25, 0.3) is 0 Å². The van der Waals surface area contributed by atoms with E-state index in [0.717, 1.165) is 32.6 Å². The molecule has 0 amide bonds. The largest absolute Gasteiger partial charge is 0.384 e. The molecule has 3 atom stereocenters. The Morgan fingerprint density at radius 3 is 2.67 bits per heavy atom. The Balaban J connectivity index is 2.08. The lowest BCUT2D eigenvalue weighted by Gasteiger charge is -2.28. The summed E-state index contributed by atoms with van der Waals surface area (Å²) in [5.74, 6) is 0.618. The molecule has 1 heterocycles. The van der Waals surface area contributed by atoms with Crippen molar-refractivity contribution in [3.05, 3.63) is 35.4 Å². The topological polar surface area (TPSA) is 30.5 Å². The lowest BCUT2D eigenvalue weighted by atomic mass is 9.91. The highest BCUT2D eigenvalue weighted by Crippen LogP contribution is 2.31. The van der Waals surface area contributed by atoms with Crippen molar-refractivity contribution in [2.24, 2.45) is 5.92 Å². The Labute approximate surface area is 129 Å². The molecule has 21 heavy (non-hydrogen) atoms. The molecule has 3 heteroatoms. The maximum Gasteiger partial charge on any atom is 0.0795 e. The normalized spacial score (nSPS) is 23.4. The van der Waals surface area contributed by atoms with Gasteiger partial charge in [0.2, 0.25) is 0 Å². The predicted molar refractivity (Wildman–Crippen MR) is 86.6 cm³/mol. The second-order valence-electron chi connectivity index (χ2n) is 6.02. The van der Waals surface area contributed by atoms with Gasteiger partial charge in [0, 0.05) is 13.7 Å². The van der Waals surface area contributed by atoms with Gasteiger partial charge in [0.1, 0.15) is 0 Å². The van der Waals surface area contributed by atoms with Gasteiger partial charge in [-0.2, -0.15) is 0 Å². The summed E-state index contributed by atoms with van der Waals surface area (Å²) < 4.78 is 11.1. The second-order valence-corrected chi connectivity index (χ2v) is 6.02. The SMILES string of the molecule is CCCNC(c1ccc(CCOC)cc1)C1OCCC1C. The Morgan fingerprint density at radius 2 is 2.10 bits per heavy atom. The molecular formula is C18H29NO2. The number of methoxy groups -OCH3 is 1. The lowest BCUT2D eigenvalue weighted by Crippen LogP contribution is -2.35. The summed E-state index contributed by atoms with van der Waals surface area (Å²) in [5, 5.41) is 3.67. The molecule has 3 unspecified atom stereocenters. The van der Waals surface area contributed by atoms with Crippen LogP contribution in [0.25, 0.3) is 0 Å². The molecule has 0 spiro atoms. The summed E-state index contributed by atoms with van der Waals surface area (Å²) in [7, 11) is 1.75. The van der Waals surface area contributed by atoms with Gasteiger partial charge in [0.15, 0.2) is 0 Å². The zero-order valence-corrected chi connectivity index (χ0v) is 13.6. The molecular weight excluding hydrogens is 262 g/mol. The molecule has 0 aromatic heterocycles. The van der Waals surface area contributed by atoms with Gasteiger partial charge in [-0.05, 0) is 42.9 Å². The third kappa shape index (κ3) is 4.53. The van der Waals surface area contributed by atoms with E-state index in [1.807, 2.05) is 0 Å². The highest BCUT2D eigenvalue weighted by molar-refractivity contribution is 5.26. The Kier molecular flexibility index (Phi) is 6.68. The van der Waals surface area contributed by atoms with Crippen molar-refractivity contribution in [3.63, 3.8) is 0 Å². The molecule has 1 aromatic carbocycles. The number of benzene rings is 1. The van der Waals surface area contributed by atoms with Crippen molar-refractivity contribution in [2.75, 3.05) is 26.9 Å². The highest BCUT2D eigenvalue weighted by atomic mass is 16.5. The van der Waals surface area contributed by atoms with E-state index in [0.29, 0.717) is 18.1 Å². The van der Waals surface area contributed by atoms with Gasteiger partial charge >= 0.3 is 0 Å². The molecule has 0 bridgehead atoms.